The number of hydrogen-bond acceptors (Lipinski definition) is 4. The number of amides is 1. The van der Waals surface area contributed by atoms with E-state index in [0.717, 1.165) is 32.1 Å². The standard InChI is InChI=1S/C24H29ClN2O4/c1-15-21(16(2)26(3)22(15)24(30)31-4)20(28)14-27(19-8-6-5-7-9-19)23(29)17-10-12-18(25)13-11-17/h10-13,19H,5-9,14H2,1-4H3. The van der Waals surface area contributed by atoms with Crippen LogP contribution in [0.2, 0.25) is 5.02 Å². The molecule has 2 aromatic rings. The number of aromatic nitrogens is 1. The monoisotopic (exact) mass is 444 g/mol. The molecule has 7 heteroatoms. The van der Waals surface area contributed by atoms with Crippen molar-refractivity contribution in [2.75, 3.05) is 13.7 Å². The van der Waals surface area contributed by atoms with Gasteiger partial charge >= 0.3 is 5.97 Å². The highest BCUT2D eigenvalue weighted by molar-refractivity contribution is 6.30. The predicted molar refractivity (Wildman–Crippen MR) is 120 cm³/mol. The number of hydrogen-bond donors (Lipinski definition) is 0. The fourth-order valence-corrected chi connectivity index (χ4v) is 4.65. The number of ketones is 1. The number of Topliss-reactive ketones (excluding diaryl/α,β-unsaturated/α-hetero) is 1. The second kappa shape index (κ2) is 9.69. The Labute approximate surface area is 188 Å². The molecule has 0 aliphatic heterocycles. The lowest BCUT2D eigenvalue weighted by Gasteiger charge is -2.34. The molecule has 1 aliphatic carbocycles. The lowest BCUT2D eigenvalue weighted by molar-refractivity contribution is 0.0585. The first-order valence-corrected chi connectivity index (χ1v) is 11.0. The molecule has 1 heterocycles. The number of benzene rings is 1. The maximum Gasteiger partial charge on any atom is 0.354 e. The first-order chi connectivity index (χ1) is 14.8. The molecule has 1 saturated carbocycles. The van der Waals surface area contributed by atoms with Gasteiger partial charge in [-0.3, -0.25) is 9.59 Å². The topological polar surface area (TPSA) is 68.6 Å². The van der Waals surface area contributed by atoms with Gasteiger partial charge in [-0.15, -0.1) is 0 Å². The molecule has 0 unspecified atom stereocenters. The number of nitrogens with zero attached hydrogens (tertiary/aromatic N) is 2. The van der Waals surface area contributed by atoms with Crippen LogP contribution in [-0.4, -0.2) is 46.8 Å². The molecule has 1 aromatic heterocycles. The normalized spacial score (nSPS) is 14.4. The summed E-state index contributed by atoms with van der Waals surface area (Å²) >= 11 is 5.98. The summed E-state index contributed by atoms with van der Waals surface area (Å²) < 4.78 is 6.56. The van der Waals surface area contributed by atoms with Crippen molar-refractivity contribution >= 4 is 29.3 Å². The van der Waals surface area contributed by atoms with Gasteiger partial charge in [0.05, 0.1) is 13.7 Å². The van der Waals surface area contributed by atoms with Gasteiger partial charge < -0.3 is 14.2 Å². The molecule has 1 amide bonds. The van der Waals surface area contributed by atoms with Crippen molar-refractivity contribution in [1.82, 2.24) is 9.47 Å². The number of carbonyl (C=O) groups is 3. The largest absolute Gasteiger partial charge is 0.464 e. The highest BCUT2D eigenvalue weighted by atomic mass is 35.5. The highest BCUT2D eigenvalue weighted by Gasteiger charge is 2.31. The van der Waals surface area contributed by atoms with Crippen LogP contribution in [0.3, 0.4) is 0 Å². The summed E-state index contributed by atoms with van der Waals surface area (Å²) in [7, 11) is 3.06. The zero-order chi connectivity index (χ0) is 22.7. The summed E-state index contributed by atoms with van der Waals surface area (Å²) in [6.07, 6.45) is 4.99. The zero-order valence-corrected chi connectivity index (χ0v) is 19.3. The molecule has 1 aliphatic rings. The maximum atomic E-state index is 13.4. The van der Waals surface area contributed by atoms with Crippen LogP contribution in [0.15, 0.2) is 24.3 Å². The Balaban J connectivity index is 1.94. The minimum absolute atomic E-state index is 0.0188. The Morgan fingerprint density at radius 3 is 2.29 bits per heavy atom. The predicted octanol–water partition coefficient (Wildman–Crippen LogP) is 4.74. The third kappa shape index (κ3) is 4.69. The maximum absolute atomic E-state index is 13.4. The van der Waals surface area contributed by atoms with Crippen molar-refractivity contribution < 1.29 is 19.1 Å². The minimum Gasteiger partial charge on any atom is -0.464 e. The van der Waals surface area contributed by atoms with E-state index in [1.54, 1.807) is 54.6 Å². The molecule has 166 valence electrons. The quantitative estimate of drug-likeness (QED) is 0.476. The minimum atomic E-state index is -0.483. The van der Waals surface area contributed by atoms with Crippen molar-refractivity contribution in [2.45, 2.75) is 52.0 Å². The van der Waals surface area contributed by atoms with Crippen LogP contribution in [0.1, 0.15) is 74.6 Å². The molecular formula is C24H29ClN2O4. The van der Waals surface area contributed by atoms with Gasteiger partial charge in [-0.05, 0) is 56.5 Å². The average Bonchev–Trinajstić information content (AvgIpc) is 3.00. The first-order valence-electron chi connectivity index (χ1n) is 10.6. The van der Waals surface area contributed by atoms with Crippen molar-refractivity contribution in [3.8, 4) is 0 Å². The van der Waals surface area contributed by atoms with Gasteiger partial charge in [0, 0.05) is 34.9 Å². The van der Waals surface area contributed by atoms with Crippen LogP contribution in [0.25, 0.3) is 0 Å². The van der Waals surface area contributed by atoms with Gasteiger partial charge in [0.2, 0.25) is 0 Å². The average molecular weight is 445 g/mol. The summed E-state index contributed by atoms with van der Waals surface area (Å²) in [5.74, 6) is -0.825. The van der Waals surface area contributed by atoms with E-state index in [1.165, 1.54) is 7.11 Å². The lowest BCUT2D eigenvalue weighted by Crippen LogP contribution is -2.44. The Hall–Kier alpha value is -2.60. The van der Waals surface area contributed by atoms with E-state index in [4.69, 9.17) is 16.3 Å². The molecule has 0 atom stereocenters. The van der Waals surface area contributed by atoms with E-state index < -0.39 is 5.97 Å². The van der Waals surface area contributed by atoms with Crippen molar-refractivity contribution in [2.24, 2.45) is 7.05 Å². The van der Waals surface area contributed by atoms with E-state index >= 15 is 0 Å². The lowest BCUT2D eigenvalue weighted by atomic mass is 9.93. The number of esters is 1. The van der Waals surface area contributed by atoms with Crippen molar-refractivity contribution in [3.63, 3.8) is 0 Å². The first kappa shape index (κ1) is 23.1. The number of halogens is 1. The van der Waals surface area contributed by atoms with Crippen molar-refractivity contribution in [3.05, 3.63) is 57.4 Å². The van der Waals surface area contributed by atoms with Gasteiger partial charge in [-0.25, -0.2) is 4.79 Å². The summed E-state index contributed by atoms with van der Waals surface area (Å²) in [5.41, 5.74) is 2.62. The number of carbonyl (C=O) groups excluding carboxylic acids is 3. The van der Waals surface area contributed by atoms with E-state index in [9.17, 15) is 14.4 Å². The molecule has 31 heavy (non-hydrogen) atoms. The number of ether oxygens (including phenoxy) is 1. The van der Waals surface area contributed by atoms with Gasteiger partial charge in [-0.2, -0.15) is 0 Å². The zero-order valence-electron chi connectivity index (χ0n) is 18.5. The third-order valence-corrected chi connectivity index (χ3v) is 6.52. The Bertz CT molecular complexity index is 988. The molecule has 6 nitrogen and oxygen atoms in total. The molecular weight excluding hydrogens is 416 g/mol. The van der Waals surface area contributed by atoms with E-state index in [-0.39, 0.29) is 24.3 Å². The Kier molecular flexibility index (Phi) is 7.21. The molecule has 0 N–H and O–H groups in total. The number of methoxy groups -OCH3 is 1. The van der Waals surface area contributed by atoms with Crippen LogP contribution in [-0.2, 0) is 11.8 Å². The Morgan fingerprint density at radius 1 is 1.10 bits per heavy atom. The molecule has 0 radical (unpaired) electrons. The fourth-order valence-electron chi connectivity index (χ4n) is 4.53. The SMILES string of the molecule is COC(=O)c1c(C)c(C(=O)CN(C(=O)c2ccc(Cl)cc2)C2CCCCC2)c(C)n1C. The summed E-state index contributed by atoms with van der Waals surface area (Å²) in [4.78, 5) is 40.7. The van der Waals surface area contributed by atoms with E-state index in [0.29, 0.717) is 33.1 Å². The smallest absolute Gasteiger partial charge is 0.354 e. The van der Waals surface area contributed by atoms with Gasteiger partial charge in [0.1, 0.15) is 5.69 Å². The second-order valence-corrected chi connectivity index (χ2v) is 8.58. The van der Waals surface area contributed by atoms with Crippen LogP contribution in [0.4, 0.5) is 0 Å². The van der Waals surface area contributed by atoms with E-state index in [2.05, 4.69) is 0 Å². The fraction of sp³-hybridized carbons (Fsp3) is 0.458. The number of rotatable bonds is 6. The summed E-state index contributed by atoms with van der Waals surface area (Å²) in [6, 6.07) is 6.77. The van der Waals surface area contributed by atoms with Crippen LogP contribution >= 0.6 is 11.6 Å². The second-order valence-electron chi connectivity index (χ2n) is 8.14. The molecule has 0 spiro atoms. The van der Waals surface area contributed by atoms with Crippen LogP contribution < -0.4 is 0 Å². The van der Waals surface area contributed by atoms with Gasteiger partial charge in [0.25, 0.3) is 5.91 Å². The highest BCUT2D eigenvalue weighted by Crippen LogP contribution is 2.27. The van der Waals surface area contributed by atoms with Crippen molar-refractivity contribution in [1.29, 1.82) is 0 Å². The molecule has 3 rings (SSSR count). The molecule has 0 saturated heterocycles. The summed E-state index contributed by atoms with van der Waals surface area (Å²) in [6.45, 7) is 3.52. The van der Waals surface area contributed by atoms with Gasteiger partial charge in [-0.1, -0.05) is 30.9 Å². The van der Waals surface area contributed by atoms with E-state index in [1.807, 2.05) is 0 Å². The third-order valence-electron chi connectivity index (χ3n) is 6.27. The molecule has 1 fully saturated rings. The molecule has 1 aromatic carbocycles. The van der Waals surface area contributed by atoms with Crippen LogP contribution in [0, 0.1) is 13.8 Å². The van der Waals surface area contributed by atoms with Gasteiger partial charge in [0.15, 0.2) is 5.78 Å². The summed E-state index contributed by atoms with van der Waals surface area (Å²) in [5, 5.41) is 0.558. The van der Waals surface area contributed by atoms with Crippen LogP contribution in [0.5, 0.6) is 0 Å². The Morgan fingerprint density at radius 2 is 1.71 bits per heavy atom. The molecule has 0 bridgehead atoms.